The summed E-state index contributed by atoms with van der Waals surface area (Å²) in [5.41, 5.74) is -3.87. The average Bonchev–Trinajstić information content (AvgIpc) is 2.73. The van der Waals surface area contributed by atoms with Crippen LogP contribution in [0.3, 0.4) is 0 Å². The summed E-state index contributed by atoms with van der Waals surface area (Å²) in [5, 5.41) is 25.1. The van der Waals surface area contributed by atoms with Crippen LogP contribution < -0.4 is 5.32 Å². The SMILES string of the molecule is CC(C)(C)CC(C)(C)NC(=O)[C@]1(C(=O)c2ccc([N+](=O)[O-])cc2)OC(=O)c2ccccc2[C@H]1O. The Kier molecular flexibility index (Phi) is 6.36. The monoisotopic (exact) mass is 468 g/mol. The topological polar surface area (TPSA) is 136 Å². The van der Waals surface area contributed by atoms with Crippen molar-refractivity contribution < 1.29 is 29.2 Å². The zero-order chi connectivity index (χ0) is 25.5. The molecule has 0 aromatic heterocycles. The Bertz CT molecular complexity index is 1150. The van der Waals surface area contributed by atoms with Crippen molar-refractivity contribution in [2.45, 2.75) is 58.3 Å². The summed E-state index contributed by atoms with van der Waals surface area (Å²) in [6.07, 6.45) is -1.27. The van der Waals surface area contributed by atoms with Crippen LogP contribution in [-0.2, 0) is 9.53 Å². The van der Waals surface area contributed by atoms with Gasteiger partial charge in [-0.05, 0) is 43.9 Å². The van der Waals surface area contributed by atoms with Crippen molar-refractivity contribution in [2.75, 3.05) is 0 Å². The number of nitrogens with zero attached hydrogens (tertiary/aromatic N) is 1. The van der Waals surface area contributed by atoms with Gasteiger partial charge in [-0.3, -0.25) is 19.7 Å². The van der Waals surface area contributed by atoms with Gasteiger partial charge in [0.05, 0.1) is 10.5 Å². The minimum atomic E-state index is -2.61. The normalized spacial score (nSPS) is 20.2. The largest absolute Gasteiger partial charge is 0.433 e. The molecule has 0 bridgehead atoms. The van der Waals surface area contributed by atoms with Gasteiger partial charge in [-0.1, -0.05) is 39.0 Å². The highest BCUT2D eigenvalue weighted by molar-refractivity contribution is 6.20. The molecule has 9 heteroatoms. The molecular weight excluding hydrogens is 440 g/mol. The van der Waals surface area contributed by atoms with Gasteiger partial charge in [0, 0.05) is 28.8 Å². The van der Waals surface area contributed by atoms with E-state index in [1.54, 1.807) is 26.0 Å². The number of nitro benzene ring substituents is 1. The van der Waals surface area contributed by atoms with E-state index in [-0.39, 0.29) is 27.8 Å². The maximum Gasteiger partial charge on any atom is 0.340 e. The summed E-state index contributed by atoms with van der Waals surface area (Å²) in [4.78, 5) is 50.7. The Hall–Kier alpha value is -3.59. The first-order valence-corrected chi connectivity index (χ1v) is 10.8. The van der Waals surface area contributed by atoms with Crippen molar-refractivity contribution in [2.24, 2.45) is 5.41 Å². The molecule has 1 aliphatic rings. The number of carbonyl (C=O) groups is 3. The number of esters is 1. The molecule has 3 rings (SSSR count). The second-order valence-electron chi connectivity index (χ2n) is 10.3. The molecule has 2 atom stereocenters. The molecule has 180 valence electrons. The van der Waals surface area contributed by atoms with Crippen molar-refractivity contribution in [3.63, 3.8) is 0 Å². The summed E-state index contributed by atoms with van der Waals surface area (Å²) in [5.74, 6) is -2.89. The van der Waals surface area contributed by atoms with Crippen LogP contribution in [0, 0.1) is 15.5 Å². The second-order valence-corrected chi connectivity index (χ2v) is 10.3. The van der Waals surface area contributed by atoms with Crippen LogP contribution in [-0.4, -0.2) is 38.8 Å². The molecule has 0 fully saturated rings. The molecule has 2 N–H and O–H groups in total. The summed E-state index contributed by atoms with van der Waals surface area (Å²) >= 11 is 0. The van der Waals surface area contributed by atoms with Crippen LogP contribution in [0.4, 0.5) is 5.69 Å². The van der Waals surface area contributed by atoms with Gasteiger partial charge in [-0.25, -0.2) is 4.79 Å². The third kappa shape index (κ3) is 4.70. The Labute approximate surface area is 197 Å². The molecule has 2 aromatic rings. The van der Waals surface area contributed by atoms with Crippen LogP contribution in [0.15, 0.2) is 48.5 Å². The lowest BCUT2D eigenvalue weighted by atomic mass is 9.77. The van der Waals surface area contributed by atoms with E-state index in [4.69, 9.17) is 4.74 Å². The number of Topliss-reactive ketones (excluding diaryl/α,β-unsaturated/α-hetero) is 1. The van der Waals surface area contributed by atoms with Crippen molar-refractivity contribution >= 4 is 23.3 Å². The first-order chi connectivity index (χ1) is 15.7. The number of hydrogen-bond donors (Lipinski definition) is 2. The Morgan fingerprint density at radius 3 is 2.24 bits per heavy atom. The predicted molar refractivity (Wildman–Crippen MR) is 123 cm³/mol. The fourth-order valence-corrected chi connectivity index (χ4v) is 4.56. The highest BCUT2D eigenvalue weighted by Crippen LogP contribution is 2.41. The minimum Gasteiger partial charge on any atom is -0.433 e. The van der Waals surface area contributed by atoms with Gasteiger partial charge in [0.25, 0.3) is 17.2 Å². The maximum absolute atomic E-state index is 13.7. The number of non-ortho nitro benzene ring substituents is 1. The first kappa shape index (κ1) is 25.0. The Morgan fingerprint density at radius 1 is 1.09 bits per heavy atom. The van der Waals surface area contributed by atoms with E-state index in [2.05, 4.69) is 5.32 Å². The summed E-state index contributed by atoms with van der Waals surface area (Å²) < 4.78 is 5.46. The number of aliphatic hydroxyl groups excluding tert-OH is 1. The molecule has 0 spiro atoms. The Morgan fingerprint density at radius 2 is 1.68 bits per heavy atom. The minimum absolute atomic E-state index is 0.0453. The van der Waals surface area contributed by atoms with Crippen molar-refractivity contribution in [3.8, 4) is 0 Å². The number of aliphatic hydroxyl groups is 1. The highest BCUT2D eigenvalue weighted by atomic mass is 16.6. The van der Waals surface area contributed by atoms with Gasteiger partial charge in [-0.15, -0.1) is 0 Å². The fraction of sp³-hybridized carbons (Fsp3) is 0.400. The zero-order valence-electron chi connectivity index (χ0n) is 19.7. The van der Waals surface area contributed by atoms with E-state index in [1.807, 2.05) is 20.8 Å². The number of rotatable bonds is 6. The van der Waals surface area contributed by atoms with Gasteiger partial charge >= 0.3 is 5.97 Å². The summed E-state index contributed by atoms with van der Waals surface area (Å²) in [6, 6.07) is 10.6. The van der Waals surface area contributed by atoms with Crippen LogP contribution in [0.1, 0.15) is 73.4 Å². The number of cyclic esters (lactones) is 1. The molecular formula is C25H28N2O7. The average molecular weight is 469 g/mol. The molecule has 34 heavy (non-hydrogen) atoms. The lowest BCUT2D eigenvalue weighted by molar-refractivity contribution is -0.384. The quantitative estimate of drug-likeness (QED) is 0.217. The standard InChI is InChI=1S/C25H28N2O7/c1-23(2,3)14-24(4,5)26-22(31)25(19(28)15-10-12-16(13-11-15)27(32)33)20(29)17-8-6-7-9-18(17)21(30)34-25/h6-13,20,29H,14H2,1-5H3,(H,26,31)/t20-,25-/m1/s1. The fourth-order valence-electron chi connectivity index (χ4n) is 4.56. The molecule has 1 aliphatic heterocycles. The zero-order valence-corrected chi connectivity index (χ0v) is 19.7. The third-order valence-electron chi connectivity index (χ3n) is 5.55. The molecule has 0 saturated heterocycles. The van der Waals surface area contributed by atoms with Gasteiger partial charge < -0.3 is 15.2 Å². The van der Waals surface area contributed by atoms with Crippen LogP contribution >= 0.6 is 0 Å². The van der Waals surface area contributed by atoms with E-state index in [1.165, 1.54) is 12.1 Å². The van der Waals surface area contributed by atoms with E-state index >= 15 is 0 Å². The number of hydrogen-bond acceptors (Lipinski definition) is 7. The highest BCUT2D eigenvalue weighted by Gasteiger charge is 2.60. The lowest BCUT2D eigenvalue weighted by Crippen LogP contribution is -2.64. The maximum atomic E-state index is 13.7. The number of benzene rings is 2. The molecule has 0 unspecified atom stereocenters. The van der Waals surface area contributed by atoms with E-state index in [9.17, 15) is 29.6 Å². The van der Waals surface area contributed by atoms with E-state index in [0.29, 0.717) is 6.42 Å². The number of ketones is 1. The van der Waals surface area contributed by atoms with Gasteiger partial charge in [-0.2, -0.15) is 0 Å². The molecule has 0 saturated carbocycles. The molecule has 0 radical (unpaired) electrons. The number of carbonyl (C=O) groups excluding carboxylic acids is 3. The second kappa shape index (κ2) is 8.64. The van der Waals surface area contributed by atoms with E-state index in [0.717, 1.165) is 24.3 Å². The number of nitrogens with one attached hydrogen (secondary N) is 1. The Balaban J connectivity index is 2.12. The number of ether oxygens (including phenoxy) is 1. The molecule has 0 aliphatic carbocycles. The number of nitro groups is 1. The summed E-state index contributed by atoms with van der Waals surface area (Å²) in [6.45, 7) is 9.51. The smallest absolute Gasteiger partial charge is 0.340 e. The molecule has 1 heterocycles. The van der Waals surface area contributed by atoms with Gasteiger partial charge in [0.15, 0.2) is 0 Å². The van der Waals surface area contributed by atoms with Crippen molar-refractivity contribution in [1.29, 1.82) is 0 Å². The predicted octanol–water partition coefficient (Wildman–Crippen LogP) is 3.75. The summed E-state index contributed by atoms with van der Waals surface area (Å²) in [7, 11) is 0. The van der Waals surface area contributed by atoms with Crippen molar-refractivity contribution in [1.82, 2.24) is 5.32 Å². The van der Waals surface area contributed by atoms with Gasteiger partial charge in [0.1, 0.15) is 6.10 Å². The molecule has 2 aromatic carbocycles. The number of fused-ring (bicyclic) bond motifs is 1. The van der Waals surface area contributed by atoms with Crippen molar-refractivity contribution in [3.05, 3.63) is 75.3 Å². The van der Waals surface area contributed by atoms with Crippen LogP contribution in [0.2, 0.25) is 0 Å². The molecule has 9 nitrogen and oxygen atoms in total. The van der Waals surface area contributed by atoms with E-state index < -0.39 is 39.8 Å². The number of amides is 1. The molecule has 1 amide bonds. The van der Waals surface area contributed by atoms with Crippen LogP contribution in [0.5, 0.6) is 0 Å². The first-order valence-electron chi connectivity index (χ1n) is 10.8. The van der Waals surface area contributed by atoms with Crippen LogP contribution in [0.25, 0.3) is 0 Å². The van der Waals surface area contributed by atoms with Gasteiger partial charge in [0.2, 0.25) is 5.78 Å². The third-order valence-corrected chi connectivity index (χ3v) is 5.55. The lowest BCUT2D eigenvalue weighted by Gasteiger charge is -2.41.